The highest BCUT2D eigenvalue weighted by molar-refractivity contribution is 8.01. The van der Waals surface area contributed by atoms with E-state index in [0.29, 0.717) is 27.2 Å². The number of benzene rings is 2. The molecular weight excluding hydrogens is 443 g/mol. The quantitative estimate of drug-likeness (QED) is 0.417. The van der Waals surface area contributed by atoms with Gasteiger partial charge in [0.2, 0.25) is 5.91 Å². The third-order valence-corrected chi connectivity index (χ3v) is 6.81. The van der Waals surface area contributed by atoms with E-state index in [-0.39, 0.29) is 11.7 Å². The van der Waals surface area contributed by atoms with Crippen LogP contribution in [0.2, 0.25) is 15.1 Å². The molecular formula is C19H15Cl3N2OS2. The Bertz CT molecular complexity index is 975. The van der Waals surface area contributed by atoms with Crippen molar-refractivity contribution < 1.29 is 4.79 Å². The van der Waals surface area contributed by atoms with Crippen molar-refractivity contribution >= 4 is 69.5 Å². The van der Waals surface area contributed by atoms with Gasteiger partial charge in [0, 0.05) is 32.1 Å². The number of carbonyl (C=O) groups is 1. The average Bonchev–Trinajstić information content (AvgIpc) is 2.96. The summed E-state index contributed by atoms with van der Waals surface area (Å²) in [5.41, 5.74) is 2.58. The van der Waals surface area contributed by atoms with Gasteiger partial charge in [-0.15, -0.1) is 11.3 Å². The number of nitrogens with zero attached hydrogens (tertiary/aromatic N) is 1. The predicted molar refractivity (Wildman–Crippen MR) is 117 cm³/mol. The smallest absolute Gasteiger partial charge is 0.234 e. The van der Waals surface area contributed by atoms with E-state index in [9.17, 15) is 4.79 Å². The van der Waals surface area contributed by atoms with E-state index < -0.39 is 0 Å². The molecule has 1 N–H and O–H groups in total. The minimum Gasteiger partial charge on any atom is -0.325 e. The zero-order valence-corrected chi connectivity index (χ0v) is 18.2. The lowest BCUT2D eigenvalue weighted by Gasteiger charge is -2.04. The summed E-state index contributed by atoms with van der Waals surface area (Å²) in [6.45, 7) is 1.96. The van der Waals surface area contributed by atoms with Crippen molar-refractivity contribution in [1.29, 1.82) is 0 Å². The number of aromatic nitrogens is 1. The van der Waals surface area contributed by atoms with Crippen LogP contribution in [0.4, 0.5) is 5.69 Å². The van der Waals surface area contributed by atoms with E-state index in [1.807, 2.05) is 13.0 Å². The number of hydrogen-bond donors (Lipinski definition) is 1. The molecule has 8 heteroatoms. The maximum absolute atomic E-state index is 12.1. The number of thioether (sulfide) groups is 1. The van der Waals surface area contributed by atoms with Gasteiger partial charge < -0.3 is 5.32 Å². The van der Waals surface area contributed by atoms with E-state index in [1.54, 1.807) is 47.7 Å². The first-order valence-electron chi connectivity index (χ1n) is 7.99. The fourth-order valence-corrected chi connectivity index (χ4v) is 5.00. The van der Waals surface area contributed by atoms with Crippen molar-refractivity contribution in [1.82, 2.24) is 4.98 Å². The average molecular weight is 458 g/mol. The van der Waals surface area contributed by atoms with Gasteiger partial charge in [0.25, 0.3) is 0 Å². The molecule has 3 aromatic rings. The van der Waals surface area contributed by atoms with Gasteiger partial charge >= 0.3 is 0 Å². The van der Waals surface area contributed by atoms with Gasteiger partial charge in [-0.1, -0.05) is 52.6 Å². The maximum Gasteiger partial charge on any atom is 0.234 e. The largest absolute Gasteiger partial charge is 0.325 e. The molecule has 1 aromatic heterocycles. The van der Waals surface area contributed by atoms with Crippen LogP contribution < -0.4 is 5.32 Å². The van der Waals surface area contributed by atoms with Crippen LogP contribution in [0.3, 0.4) is 0 Å². The Labute approximate surface area is 181 Å². The molecule has 1 amide bonds. The molecule has 0 atom stereocenters. The second-order valence-corrected chi connectivity index (χ2v) is 9.33. The highest BCUT2D eigenvalue weighted by atomic mass is 35.5. The number of aryl methyl sites for hydroxylation is 1. The molecule has 0 unspecified atom stereocenters. The molecule has 3 nitrogen and oxygen atoms in total. The van der Waals surface area contributed by atoms with Crippen LogP contribution in [0.15, 0.2) is 46.8 Å². The van der Waals surface area contributed by atoms with Crippen LogP contribution in [-0.2, 0) is 11.2 Å². The lowest BCUT2D eigenvalue weighted by molar-refractivity contribution is -0.113. The summed E-state index contributed by atoms with van der Waals surface area (Å²) < 4.78 is 0.849. The first-order valence-corrected chi connectivity index (χ1v) is 10.9. The van der Waals surface area contributed by atoms with Crippen molar-refractivity contribution in [2.24, 2.45) is 0 Å². The zero-order chi connectivity index (χ0) is 19.4. The fraction of sp³-hybridized carbons (Fsp3) is 0.158. The Kier molecular flexibility index (Phi) is 7.06. The highest BCUT2D eigenvalue weighted by Gasteiger charge is 2.13. The van der Waals surface area contributed by atoms with Gasteiger partial charge in [-0.05, 0) is 48.9 Å². The summed E-state index contributed by atoms with van der Waals surface area (Å²) in [4.78, 5) is 17.8. The van der Waals surface area contributed by atoms with Gasteiger partial charge in [0.15, 0.2) is 4.34 Å². The Morgan fingerprint density at radius 2 is 1.93 bits per heavy atom. The fourth-order valence-electron chi connectivity index (χ4n) is 2.37. The zero-order valence-electron chi connectivity index (χ0n) is 14.3. The summed E-state index contributed by atoms with van der Waals surface area (Å²) in [5, 5.41) is 4.75. The number of rotatable bonds is 6. The molecule has 0 spiro atoms. The first kappa shape index (κ1) is 20.5. The number of thiazole rings is 1. The molecule has 0 saturated heterocycles. The van der Waals surface area contributed by atoms with Crippen LogP contribution in [0, 0.1) is 6.92 Å². The van der Waals surface area contributed by atoms with E-state index in [0.717, 1.165) is 20.5 Å². The second kappa shape index (κ2) is 9.30. The van der Waals surface area contributed by atoms with Crippen molar-refractivity contribution in [2.75, 3.05) is 11.1 Å². The van der Waals surface area contributed by atoms with Gasteiger partial charge in [0.05, 0.1) is 11.4 Å². The molecule has 140 valence electrons. The molecule has 1 heterocycles. The molecule has 0 aliphatic carbocycles. The molecule has 0 aliphatic heterocycles. The maximum atomic E-state index is 12.1. The van der Waals surface area contributed by atoms with Crippen LogP contribution in [-0.4, -0.2) is 16.6 Å². The highest BCUT2D eigenvalue weighted by Crippen LogP contribution is 2.31. The Morgan fingerprint density at radius 1 is 1.15 bits per heavy atom. The van der Waals surface area contributed by atoms with Crippen molar-refractivity contribution in [3.05, 3.63) is 73.7 Å². The summed E-state index contributed by atoms with van der Waals surface area (Å²) in [6.07, 6.45) is 0.665. The van der Waals surface area contributed by atoms with Crippen LogP contribution in [0.1, 0.15) is 16.1 Å². The molecule has 0 fully saturated rings. The minimum absolute atomic E-state index is 0.102. The second-order valence-electron chi connectivity index (χ2n) is 5.75. The van der Waals surface area contributed by atoms with Crippen molar-refractivity contribution in [3.8, 4) is 0 Å². The molecule has 27 heavy (non-hydrogen) atoms. The van der Waals surface area contributed by atoms with Gasteiger partial charge in [-0.3, -0.25) is 4.79 Å². The number of amides is 1. The van der Waals surface area contributed by atoms with E-state index in [4.69, 9.17) is 34.8 Å². The van der Waals surface area contributed by atoms with E-state index in [2.05, 4.69) is 10.3 Å². The van der Waals surface area contributed by atoms with E-state index >= 15 is 0 Å². The SMILES string of the molecule is Cc1nc(SCC(=O)Nc2cccc(Cl)c2)sc1Cc1cc(Cl)ccc1Cl. The third-order valence-electron chi connectivity index (χ3n) is 3.67. The predicted octanol–water partition coefficient (Wildman–Crippen LogP) is 6.73. The standard InChI is InChI=1S/C19H15Cl3N2OS2/c1-11-17(8-12-7-14(21)5-6-16(12)22)27-19(23-11)26-10-18(25)24-15-4-2-3-13(20)9-15/h2-7,9H,8,10H2,1H3,(H,24,25). The van der Waals surface area contributed by atoms with Crippen molar-refractivity contribution in [3.63, 3.8) is 0 Å². The topological polar surface area (TPSA) is 42.0 Å². The van der Waals surface area contributed by atoms with Crippen molar-refractivity contribution in [2.45, 2.75) is 17.7 Å². The Hall–Kier alpha value is -1.24. The Balaban J connectivity index is 1.61. The third kappa shape index (κ3) is 5.87. The number of halogens is 3. The lowest BCUT2D eigenvalue weighted by atomic mass is 10.1. The summed E-state index contributed by atoms with van der Waals surface area (Å²) in [7, 11) is 0. The molecule has 0 saturated carbocycles. The monoisotopic (exact) mass is 456 g/mol. The van der Waals surface area contributed by atoms with Crippen LogP contribution >= 0.6 is 57.9 Å². The molecule has 0 aliphatic rings. The normalized spacial score (nSPS) is 10.8. The molecule has 3 rings (SSSR count). The number of nitrogens with one attached hydrogen (secondary N) is 1. The van der Waals surface area contributed by atoms with Gasteiger partial charge in [0.1, 0.15) is 0 Å². The van der Waals surface area contributed by atoms with Crippen LogP contribution in [0.25, 0.3) is 0 Å². The van der Waals surface area contributed by atoms with Gasteiger partial charge in [-0.25, -0.2) is 4.98 Å². The number of anilines is 1. The van der Waals surface area contributed by atoms with Crippen LogP contribution in [0.5, 0.6) is 0 Å². The summed E-state index contributed by atoms with van der Waals surface area (Å²) in [6, 6.07) is 12.5. The molecule has 0 radical (unpaired) electrons. The van der Waals surface area contributed by atoms with E-state index in [1.165, 1.54) is 11.8 Å². The van der Waals surface area contributed by atoms with Gasteiger partial charge in [-0.2, -0.15) is 0 Å². The lowest BCUT2D eigenvalue weighted by Crippen LogP contribution is -2.13. The minimum atomic E-state index is -0.102. The number of carbonyl (C=O) groups excluding carboxylic acids is 1. The number of hydrogen-bond acceptors (Lipinski definition) is 4. The summed E-state index contributed by atoms with van der Waals surface area (Å²) >= 11 is 21.2. The molecule has 2 aromatic carbocycles. The molecule has 0 bridgehead atoms. The first-order chi connectivity index (χ1) is 12.9. The Morgan fingerprint density at radius 3 is 2.70 bits per heavy atom. The summed E-state index contributed by atoms with van der Waals surface area (Å²) in [5.74, 6) is 0.172.